The summed E-state index contributed by atoms with van der Waals surface area (Å²) in [5, 5.41) is 7.64. The molecule has 5 heteroatoms. The standard InChI is InChI=1S/C15H18FN3S/c16-14-8-6-13(7-9-14)10-17-15(20)19-18-11-12-4-2-1-3-5-12/h1-2,6-9,11-12H,3-5,10H2,(H2,17,19,20)/b18-11-/t12-/m1/s1. The Morgan fingerprint density at radius 3 is 2.85 bits per heavy atom. The number of hydrogen-bond donors (Lipinski definition) is 2. The van der Waals surface area contributed by atoms with E-state index in [1.165, 1.54) is 12.1 Å². The topological polar surface area (TPSA) is 36.4 Å². The van der Waals surface area contributed by atoms with E-state index >= 15 is 0 Å². The molecule has 0 fully saturated rings. The van der Waals surface area contributed by atoms with Gasteiger partial charge < -0.3 is 5.32 Å². The van der Waals surface area contributed by atoms with E-state index in [1.807, 2.05) is 6.21 Å². The second-order valence-electron chi connectivity index (χ2n) is 4.74. The third kappa shape index (κ3) is 5.09. The van der Waals surface area contributed by atoms with Crippen LogP contribution in [-0.4, -0.2) is 11.3 Å². The van der Waals surface area contributed by atoms with E-state index in [2.05, 4.69) is 28.0 Å². The lowest BCUT2D eigenvalue weighted by Crippen LogP contribution is -2.31. The van der Waals surface area contributed by atoms with Crippen molar-refractivity contribution in [1.82, 2.24) is 10.7 Å². The molecular formula is C15H18FN3S. The summed E-state index contributed by atoms with van der Waals surface area (Å²) in [5.41, 5.74) is 3.77. The maximum atomic E-state index is 12.7. The van der Waals surface area contributed by atoms with Crippen molar-refractivity contribution in [2.75, 3.05) is 0 Å². The zero-order chi connectivity index (χ0) is 14.2. The van der Waals surface area contributed by atoms with Crippen LogP contribution < -0.4 is 10.7 Å². The number of hydrazone groups is 1. The number of rotatable bonds is 4. The van der Waals surface area contributed by atoms with Crippen LogP contribution in [0.25, 0.3) is 0 Å². The fourth-order valence-electron chi connectivity index (χ4n) is 1.98. The van der Waals surface area contributed by atoms with Gasteiger partial charge in [-0.15, -0.1) is 0 Å². The number of benzene rings is 1. The molecule has 3 nitrogen and oxygen atoms in total. The van der Waals surface area contributed by atoms with Crippen LogP contribution in [0.2, 0.25) is 0 Å². The highest BCUT2D eigenvalue weighted by molar-refractivity contribution is 7.80. The first kappa shape index (κ1) is 14.7. The van der Waals surface area contributed by atoms with Crippen LogP contribution in [-0.2, 0) is 6.54 Å². The van der Waals surface area contributed by atoms with Gasteiger partial charge in [-0.3, -0.25) is 5.43 Å². The van der Waals surface area contributed by atoms with Gasteiger partial charge in [0.2, 0.25) is 0 Å². The summed E-state index contributed by atoms with van der Waals surface area (Å²) < 4.78 is 12.7. The zero-order valence-corrected chi connectivity index (χ0v) is 12.0. The van der Waals surface area contributed by atoms with Crippen LogP contribution in [0.4, 0.5) is 4.39 Å². The lowest BCUT2D eigenvalue weighted by molar-refractivity contribution is 0.624. The van der Waals surface area contributed by atoms with Crippen LogP contribution in [0.1, 0.15) is 24.8 Å². The smallest absolute Gasteiger partial charge is 0.187 e. The normalized spacial score (nSPS) is 18.1. The monoisotopic (exact) mass is 291 g/mol. The Bertz CT molecular complexity index is 496. The second-order valence-corrected chi connectivity index (χ2v) is 5.15. The second kappa shape index (κ2) is 7.75. The molecule has 0 saturated heterocycles. The molecule has 1 aliphatic carbocycles. The van der Waals surface area contributed by atoms with Crippen LogP contribution in [0.5, 0.6) is 0 Å². The maximum Gasteiger partial charge on any atom is 0.187 e. The number of hydrogen-bond acceptors (Lipinski definition) is 2. The lowest BCUT2D eigenvalue weighted by Gasteiger charge is -2.12. The number of nitrogens with zero attached hydrogens (tertiary/aromatic N) is 1. The van der Waals surface area contributed by atoms with Gasteiger partial charge in [-0.05, 0) is 55.1 Å². The van der Waals surface area contributed by atoms with E-state index in [-0.39, 0.29) is 5.82 Å². The van der Waals surface area contributed by atoms with Gasteiger partial charge in [0.25, 0.3) is 0 Å². The summed E-state index contributed by atoms with van der Waals surface area (Å²) in [6.07, 6.45) is 9.59. The van der Waals surface area contributed by atoms with E-state index in [0.717, 1.165) is 24.8 Å². The Kier molecular flexibility index (Phi) is 5.68. The van der Waals surface area contributed by atoms with E-state index in [4.69, 9.17) is 12.2 Å². The molecule has 1 aliphatic rings. The lowest BCUT2D eigenvalue weighted by atomic mass is 9.96. The van der Waals surface area contributed by atoms with Gasteiger partial charge in [0, 0.05) is 12.8 Å². The molecular weight excluding hydrogens is 273 g/mol. The number of halogens is 1. The molecule has 2 rings (SSSR count). The van der Waals surface area contributed by atoms with Crippen LogP contribution in [0.15, 0.2) is 41.5 Å². The number of nitrogens with one attached hydrogen (secondary N) is 2. The van der Waals surface area contributed by atoms with Gasteiger partial charge in [-0.25, -0.2) is 4.39 Å². The summed E-state index contributed by atoms with van der Waals surface area (Å²) in [4.78, 5) is 0. The Morgan fingerprint density at radius 1 is 1.35 bits per heavy atom. The molecule has 0 spiro atoms. The minimum absolute atomic E-state index is 0.236. The average Bonchev–Trinajstić information content (AvgIpc) is 2.48. The molecule has 0 unspecified atom stereocenters. The molecule has 0 aromatic heterocycles. The Hall–Kier alpha value is -1.75. The van der Waals surface area contributed by atoms with E-state index in [9.17, 15) is 4.39 Å². The van der Waals surface area contributed by atoms with Gasteiger partial charge in [-0.2, -0.15) is 5.10 Å². The predicted molar refractivity (Wildman–Crippen MR) is 83.9 cm³/mol. The molecule has 1 atom stereocenters. The highest BCUT2D eigenvalue weighted by atomic mass is 32.1. The fraction of sp³-hybridized carbons (Fsp3) is 0.333. The number of allylic oxidation sites excluding steroid dienone is 2. The van der Waals surface area contributed by atoms with Crippen LogP contribution in [0, 0.1) is 11.7 Å². The van der Waals surface area contributed by atoms with Crippen molar-refractivity contribution < 1.29 is 4.39 Å². The highest BCUT2D eigenvalue weighted by Gasteiger charge is 2.06. The minimum atomic E-state index is -0.236. The summed E-state index contributed by atoms with van der Waals surface area (Å²) in [6.45, 7) is 0.549. The third-order valence-electron chi connectivity index (χ3n) is 3.13. The van der Waals surface area contributed by atoms with Crippen LogP contribution >= 0.6 is 12.2 Å². The van der Waals surface area contributed by atoms with Crippen molar-refractivity contribution in [3.63, 3.8) is 0 Å². The quantitative estimate of drug-likeness (QED) is 0.387. The molecule has 0 heterocycles. The molecule has 0 bridgehead atoms. The SMILES string of the molecule is Fc1ccc(CNC(=S)N/N=C\[C@@H]2CC=CCC2)cc1. The molecule has 1 aromatic carbocycles. The van der Waals surface area contributed by atoms with Crippen molar-refractivity contribution in [2.24, 2.45) is 11.0 Å². The van der Waals surface area contributed by atoms with E-state index < -0.39 is 0 Å². The molecule has 20 heavy (non-hydrogen) atoms. The molecule has 0 aliphatic heterocycles. The van der Waals surface area contributed by atoms with Crippen molar-refractivity contribution >= 4 is 23.5 Å². The van der Waals surface area contributed by atoms with Gasteiger partial charge >= 0.3 is 0 Å². The van der Waals surface area contributed by atoms with Crippen molar-refractivity contribution in [3.8, 4) is 0 Å². The van der Waals surface area contributed by atoms with Crippen molar-refractivity contribution in [3.05, 3.63) is 47.8 Å². The average molecular weight is 291 g/mol. The molecule has 0 amide bonds. The fourth-order valence-corrected chi connectivity index (χ4v) is 2.10. The molecule has 106 valence electrons. The van der Waals surface area contributed by atoms with E-state index in [0.29, 0.717) is 17.6 Å². The van der Waals surface area contributed by atoms with Gasteiger partial charge in [0.05, 0.1) is 0 Å². The first-order valence-corrected chi connectivity index (χ1v) is 7.11. The summed E-state index contributed by atoms with van der Waals surface area (Å²) in [5.74, 6) is 0.257. The first-order chi connectivity index (χ1) is 9.74. The third-order valence-corrected chi connectivity index (χ3v) is 3.36. The Labute approximate surface area is 124 Å². The first-order valence-electron chi connectivity index (χ1n) is 6.70. The van der Waals surface area contributed by atoms with Gasteiger partial charge in [-0.1, -0.05) is 24.3 Å². The van der Waals surface area contributed by atoms with Crippen molar-refractivity contribution in [1.29, 1.82) is 0 Å². The maximum absolute atomic E-state index is 12.7. The van der Waals surface area contributed by atoms with Gasteiger partial charge in [0.1, 0.15) is 5.82 Å². The van der Waals surface area contributed by atoms with Crippen molar-refractivity contribution in [2.45, 2.75) is 25.8 Å². The summed E-state index contributed by atoms with van der Waals surface area (Å²) >= 11 is 5.12. The molecule has 0 saturated carbocycles. The summed E-state index contributed by atoms with van der Waals surface area (Å²) in [6, 6.07) is 6.32. The largest absolute Gasteiger partial charge is 0.357 e. The Morgan fingerprint density at radius 2 is 2.15 bits per heavy atom. The number of thiocarbonyl (C=S) groups is 1. The predicted octanol–water partition coefficient (Wildman–Crippen LogP) is 3.13. The molecule has 2 N–H and O–H groups in total. The molecule has 1 aromatic rings. The highest BCUT2D eigenvalue weighted by Crippen LogP contribution is 2.15. The minimum Gasteiger partial charge on any atom is -0.357 e. The zero-order valence-electron chi connectivity index (χ0n) is 11.2. The van der Waals surface area contributed by atoms with Crippen LogP contribution in [0.3, 0.4) is 0 Å². The van der Waals surface area contributed by atoms with Gasteiger partial charge in [0.15, 0.2) is 5.11 Å². The molecule has 0 radical (unpaired) electrons. The Balaban J connectivity index is 1.68. The summed E-state index contributed by atoms with van der Waals surface area (Å²) in [7, 11) is 0. The van der Waals surface area contributed by atoms with E-state index in [1.54, 1.807) is 12.1 Å².